The van der Waals surface area contributed by atoms with Crippen molar-refractivity contribution in [2.24, 2.45) is 0 Å². The van der Waals surface area contributed by atoms with Crippen molar-refractivity contribution in [1.29, 1.82) is 0 Å². The fraction of sp³-hybridized carbons (Fsp3) is 0.0303. The number of alkyl halides is 1. The van der Waals surface area contributed by atoms with Gasteiger partial charge in [0.15, 0.2) is 6.17 Å². The molecule has 0 bridgehead atoms. The van der Waals surface area contributed by atoms with E-state index in [0.717, 1.165) is 33.3 Å². The zero-order chi connectivity index (χ0) is 25.9. The van der Waals surface area contributed by atoms with E-state index in [1.165, 1.54) is 20.2 Å². The van der Waals surface area contributed by atoms with Gasteiger partial charge in [-0.1, -0.05) is 54.6 Å². The van der Waals surface area contributed by atoms with E-state index in [1.807, 2.05) is 66.9 Å². The number of aromatic nitrogens is 4. The fourth-order valence-corrected chi connectivity index (χ4v) is 6.76. The largest absolute Gasteiger partial charge is 0.293 e. The second-order valence-corrected chi connectivity index (χ2v) is 10.7. The standard InChI is InChI=1S/C33H21FN4S/c34-32(21-7-5-8-23(19-21)37-18-6-17-36-37)22-12-13-24-25-14-15-29-31(26-9-1-2-10-28(26)39-29)33(25)38(27(24)20-22)30-11-3-4-16-35-30/h1-20,32H. The molecule has 8 aromatic rings. The molecular formula is C33H21FN4S. The van der Waals surface area contributed by atoms with E-state index in [9.17, 15) is 0 Å². The van der Waals surface area contributed by atoms with Crippen LogP contribution in [0.5, 0.6) is 0 Å². The SMILES string of the molecule is FC(c1cccc(-n2cccn2)c1)c1ccc2c3ccc4sc5ccccc5c4c3n(-c3ccccn3)c2c1. The molecule has 0 saturated carbocycles. The average Bonchev–Trinajstić information content (AvgIpc) is 3.73. The molecule has 4 aromatic carbocycles. The summed E-state index contributed by atoms with van der Waals surface area (Å²) < 4.78 is 22.6. The van der Waals surface area contributed by atoms with Crippen LogP contribution in [0.1, 0.15) is 17.3 Å². The summed E-state index contributed by atoms with van der Waals surface area (Å²) in [5, 5.41) is 8.94. The second kappa shape index (κ2) is 8.61. The molecule has 0 aliphatic rings. The molecule has 6 heteroatoms. The summed E-state index contributed by atoms with van der Waals surface area (Å²) in [7, 11) is 0. The summed E-state index contributed by atoms with van der Waals surface area (Å²) in [6.45, 7) is 0. The molecular weight excluding hydrogens is 503 g/mol. The van der Waals surface area contributed by atoms with E-state index in [4.69, 9.17) is 4.98 Å². The lowest BCUT2D eigenvalue weighted by atomic mass is 10.0. The molecule has 0 aliphatic heterocycles. The monoisotopic (exact) mass is 524 g/mol. The quantitative estimate of drug-likeness (QED) is 0.231. The first kappa shape index (κ1) is 22.2. The maximum Gasteiger partial charge on any atom is 0.150 e. The van der Waals surface area contributed by atoms with E-state index >= 15 is 4.39 Å². The summed E-state index contributed by atoms with van der Waals surface area (Å²) in [5.41, 5.74) is 4.07. The van der Waals surface area contributed by atoms with E-state index in [-0.39, 0.29) is 0 Å². The lowest BCUT2D eigenvalue weighted by Gasteiger charge is -2.12. The highest BCUT2D eigenvalue weighted by atomic mass is 32.1. The van der Waals surface area contributed by atoms with Crippen molar-refractivity contribution in [1.82, 2.24) is 19.3 Å². The van der Waals surface area contributed by atoms with Gasteiger partial charge in [-0.2, -0.15) is 5.10 Å². The molecule has 1 unspecified atom stereocenters. The molecule has 0 N–H and O–H groups in total. The lowest BCUT2D eigenvalue weighted by molar-refractivity contribution is 0.402. The fourth-order valence-electron chi connectivity index (χ4n) is 5.65. The number of rotatable bonds is 4. The summed E-state index contributed by atoms with van der Waals surface area (Å²) in [4.78, 5) is 4.73. The Balaban J connectivity index is 1.40. The number of fused-ring (bicyclic) bond motifs is 7. The molecule has 0 saturated heterocycles. The van der Waals surface area contributed by atoms with Gasteiger partial charge in [0.1, 0.15) is 5.82 Å². The number of hydrogen-bond donors (Lipinski definition) is 0. The molecule has 4 nitrogen and oxygen atoms in total. The van der Waals surface area contributed by atoms with Crippen molar-refractivity contribution in [3.8, 4) is 11.5 Å². The lowest BCUT2D eigenvalue weighted by Crippen LogP contribution is -2.00. The zero-order valence-electron chi connectivity index (χ0n) is 20.7. The summed E-state index contributed by atoms with van der Waals surface area (Å²) >= 11 is 1.79. The molecule has 8 rings (SSSR count). The van der Waals surface area contributed by atoms with Gasteiger partial charge < -0.3 is 0 Å². The molecule has 186 valence electrons. The van der Waals surface area contributed by atoms with Crippen LogP contribution in [0.2, 0.25) is 0 Å². The van der Waals surface area contributed by atoms with Gasteiger partial charge >= 0.3 is 0 Å². The predicted octanol–water partition coefficient (Wildman–Crippen LogP) is 8.79. The van der Waals surface area contributed by atoms with Crippen molar-refractivity contribution < 1.29 is 4.39 Å². The highest BCUT2D eigenvalue weighted by Crippen LogP contribution is 2.43. The number of nitrogens with zero attached hydrogens (tertiary/aromatic N) is 4. The predicted molar refractivity (Wildman–Crippen MR) is 158 cm³/mol. The van der Waals surface area contributed by atoms with Gasteiger partial charge in [0.05, 0.1) is 16.7 Å². The van der Waals surface area contributed by atoms with E-state index in [0.29, 0.717) is 11.1 Å². The van der Waals surface area contributed by atoms with Crippen LogP contribution in [0, 0.1) is 0 Å². The van der Waals surface area contributed by atoms with Gasteiger partial charge in [-0.15, -0.1) is 11.3 Å². The van der Waals surface area contributed by atoms with Gasteiger partial charge in [0.25, 0.3) is 0 Å². The maximum absolute atomic E-state index is 16.2. The van der Waals surface area contributed by atoms with Crippen LogP contribution < -0.4 is 0 Å². The van der Waals surface area contributed by atoms with Crippen molar-refractivity contribution in [2.75, 3.05) is 0 Å². The summed E-state index contributed by atoms with van der Waals surface area (Å²) in [5.74, 6) is 0.813. The third kappa shape index (κ3) is 3.42. The molecule has 39 heavy (non-hydrogen) atoms. The van der Waals surface area contributed by atoms with Gasteiger partial charge in [0, 0.05) is 49.5 Å². The number of hydrogen-bond acceptors (Lipinski definition) is 3. The molecule has 4 heterocycles. The van der Waals surface area contributed by atoms with E-state index in [2.05, 4.69) is 52.1 Å². The molecule has 0 fully saturated rings. The Morgan fingerprint density at radius 1 is 0.692 bits per heavy atom. The second-order valence-electron chi connectivity index (χ2n) is 9.64. The first-order chi connectivity index (χ1) is 19.3. The van der Waals surface area contributed by atoms with Crippen LogP contribution in [0.4, 0.5) is 4.39 Å². The minimum absolute atomic E-state index is 0.592. The maximum atomic E-state index is 16.2. The van der Waals surface area contributed by atoms with Crippen LogP contribution in [0.15, 0.2) is 122 Å². The summed E-state index contributed by atoms with van der Waals surface area (Å²) in [6, 6.07) is 34.1. The van der Waals surface area contributed by atoms with Crippen LogP contribution in [0.25, 0.3) is 53.5 Å². The third-order valence-corrected chi connectivity index (χ3v) is 8.53. The van der Waals surface area contributed by atoms with Crippen molar-refractivity contribution in [3.05, 3.63) is 133 Å². The Kier molecular flexibility index (Phi) is 4.90. The van der Waals surface area contributed by atoms with Gasteiger partial charge in [0.2, 0.25) is 0 Å². The zero-order valence-corrected chi connectivity index (χ0v) is 21.5. The molecule has 0 spiro atoms. The molecule has 0 radical (unpaired) electrons. The number of halogens is 1. The highest BCUT2D eigenvalue weighted by Gasteiger charge is 2.21. The number of thiophene rings is 1. The Labute approximate surface area is 227 Å². The van der Waals surface area contributed by atoms with E-state index < -0.39 is 6.17 Å². The Bertz CT molecular complexity index is 2140. The normalized spacial score (nSPS) is 12.6. The van der Waals surface area contributed by atoms with Crippen molar-refractivity contribution in [2.45, 2.75) is 6.17 Å². The van der Waals surface area contributed by atoms with E-state index in [1.54, 1.807) is 28.4 Å². The Morgan fingerprint density at radius 2 is 1.56 bits per heavy atom. The summed E-state index contributed by atoms with van der Waals surface area (Å²) in [6.07, 6.45) is 4.10. The van der Waals surface area contributed by atoms with Crippen LogP contribution >= 0.6 is 11.3 Å². The average molecular weight is 525 g/mol. The van der Waals surface area contributed by atoms with Gasteiger partial charge in [-0.25, -0.2) is 14.1 Å². The van der Waals surface area contributed by atoms with Gasteiger partial charge in [-0.05, 0) is 59.7 Å². The molecule has 4 aromatic heterocycles. The first-order valence-corrected chi connectivity index (χ1v) is 13.6. The van der Waals surface area contributed by atoms with Crippen molar-refractivity contribution in [3.63, 3.8) is 0 Å². The minimum Gasteiger partial charge on any atom is -0.293 e. The first-order valence-electron chi connectivity index (χ1n) is 12.8. The van der Waals surface area contributed by atoms with Crippen LogP contribution in [-0.4, -0.2) is 19.3 Å². The topological polar surface area (TPSA) is 35.6 Å². The molecule has 0 aliphatic carbocycles. The highest BCUT2D eigenvalue weighted by molar-refractivity contribution is 7.26. The Hall–Kier alpha value is -4.81. The number of benzene rings is 4. The van der Waals surface area contributed by atoms with Gasteiger partial charge in [-0.3, -0.25) is 4.57 Å². The van der Waals surface area contributed by atoms with Crippen LogP contribution in [0.3, 0.4) is 0 Å². The van der Waals surface area contributed by atoms with Crippen LogP contribution in [-0.2, 0) is 0 Å². The Morgan fingerprint density at radius 3 is 2.44 bits per heavy atom. The third-order valence-electron chi connectivity index (χ3n) is 7.40. The smallest absolute Gasteiger partial charge is 0.150 e. The number of pyridine rings is 1. The molecule has 1 atom stereocenters. The molecule has 0 amide bonds. The van der Waals surface area contributed by atoms with Crippen molar-refractivity contribution >= 4 is 53.3 Å². The minimum atomic E-state index is -1.29.